The van der Waals surface area contributed by atoms with Crippen molar-refractivity contribution in [3.05, 3.63) is 46.5 Å². The summed E-state index contributed by atoms with van der Waals surface area (Å²) in [6.45, 7) is 4.31. The third-order valence-electron chi connectivity index (χ3n) is 3.99. The first-order valence-electron chi connectivity index (χ1n) is 7.54. The average molecular weight is 272 g/mol. The molecule has 0 atom stereocenters. The quantitative estimate of drug-likeness (QED) is 0.841. The first kappa shape index (κ1) is 15.0. The lowest BCUT2D eigenvalue weighted by Crippen LogP contribution is -2.07. The zero-order valence-corrected chi connectivity index (χ0v) is 12.4. The summed E-state index contributed by atoms with van der Waals surface area (Å²) in [5, 5.41) is 22.1. The highest BCUT2D eigenvalue weighted by Gasteiger charge is 2.17. The summed E-state index contributed by atoms with van der Waals surface area (Å²) >= 11 is 0. The second-order valence-electron chi connectivity index (χ2n) is 5.28. The number of aryl methyl sites for hydroxylation is 2. The summed E-state index contributed by atoms with van der Waals surface area (Å²) in [6, 6.07) is 8.38. The fourth-order valence-electron chi connectivity index (χ4n) is 3.15. The van der Waals surface area contributed by atoms with Gasteiger partial charge in [0.1, 0.15) is 0 Å². The van der Waals surface area contributed by atoms with Crippen molar-refractivity contribution in [3.8, 4) is 0 Å². The molecule has 2 N–H and O–H groups in total. The molecule has 2 aromatic carbocycles. The standard InChI is InChI=1S/C18H24O2/c1-3-7-13-15-9-5-6-10-16(15)14(8-4-2)18(12-20)17(13)11-19/h5-6,9-10,19-20H,3-4,7-8,11-12H2,1-2H3. The summed E-state index contributed by atoms with van der Waals surface area (Å²) in [7, 11) is 0. The van der Waals surface area contributed by atoms with Gasteiger partial charge in [-0.15, -0.1) is 0 Å². The Hall–Kier alpha value is -1.38. The van der Waals surface area contributed by atoms with E-state index in [0.717, 1.165) is 36.8 Å². The fraction of sp³-hybridized carbons (Fsp3) is 0.444. The van der Waals surface area contributed by atoms with Crippen LogP contribution in [-0.4, -0.2) is 10.2 Å². The summed E-state index contributed by atoms with van der Waals surface area (Å²) in [6.07, 6.45) is 3.95. The van der Waals surface area contributed by atoms with Gasteiger partial charge < -0.3 is 10.2 Å². The highest BCUT2D eigenvalue weighted by Crippen LogP contribution is 2.32. The van der Waals surface area contributed by atoms with Crippen LogP contribution < -0.4 is 0 Å². The Balaban J connectivity index is 2.85. The molecule has 20 heavy (non-hydrogen) atoms. The van der Waals surface area contributed by atoms with Crippen molar-refractivity contribution in [1.82, 2.24) is 0 Å². The number of aliphatic hydroxyl groups is 2. The zero-order valence-electron chi connectivity index (χ0n) is 12.4. The van der Waals surface area contributed by atoms with Crippen molar-refractivity contribution in [2.45, 2.75) is 52.7 Å². The minimum absolute atomic E-state index is 0.00672. The second kappa shape index (κ2) is 6.87. The van der Waals surface area contributed by atoms with E-state index in [1.165, 1.54) is 21.9 Å². The molecule has 0 heterocycles. The largest absolute Gasteiger partial charge is 0.392 e. The van der Waals surface area contributed by atoms with Crippen molar-refractivity contribution in [2.24, 2.45) is 0 Å². The lowest BCUT2D eigenvalue weighted by molar-refractivity contribution is 0.258. The van der Waals surface area contributed by atoms with Crippen molar-refractivity contribution in [2.75, 3.05) is 0 Å². The maximum Gasteiger partial charge on any atom is 0.0688 e. The van der Waals surface area contributed by atoms with Gasteiger partial charge in [-0.05, 0) is 45.9 Å². The number of rotatable bonds is 6. The molecule has 108 valence electrons. The Labute approximate surface area is 121 Å². The van der Waals surface area contributed by atoms with E-state index in [0.29, 0.717) is 0 Å². The minimum atomic E-state index is 0.00672. The molecule has 2 heteroatoms. The molecule has 0 spiro atoms. The van der Waals surface area contributed by atoms with Gasteiger partial charge in [-0.3, -0.25) is 0 Å². The molecule has 0 aliphatic heterocycles. The van der Waals surface area contributed by atoms with E-state index in [9.17, 15) is 10.2 Å². The molecule has 2 nitrogen and oxygen atoms in total. The van der Waals surface area contributed by atoms with Crippen molar-refractivity contribution >= 4 is 10.8 Å². The molecule has 0 aliphatic carbocycles. The minimum Gasteiger partial charge on any atom is -0.392 e. The van der Waals surface area contributed by atoms with Crippen LogP contribution in [0.4, 0.5) is 0 Å². The Kier molecular flexibility index (Phi) is 5.16. The molecule has 0 bridgehead atoms. The lowest BCUT2D eigenvalue weighted by atomic mass is 9.86. The third kappa shape index (κ3) is 2.58. The van der Waals surface area contributed by atoms with Gasteiger partial charge in [0.25, 0.3) is 0 Å². The Morgan fingerprint density at radius 3 is 1.40 bits per heavy atom. The van der Waals surface area contributed by atoms with Crippen molar-refractivity contribution in [3.63, 3.8) is 0 Å². The molecule has 2 aromatic rings. The van der Waals surface area contributed by atoms with Crippen molar-refractivity contribution in [1.29, 1.82) is 0 Å². The number of hydrogen-bond donors (Lipinski definition) is 2. The Morgan fingerprint density at radius 2 is 1.10 bits per heavy atom. The van der Waals surface area contributed by atoms with Crippen LogP contribution in [0, 0.1) is 0 Å². The molecule has 0 unspecified atom stereocenters. The third-order valence-corrected chi connectivity index (χ3v) is 3.99. The van der Waals surface area contributed by atoms with Gasteiger partial charge in [-0.1, -0.05) is 51.0 Å². The topological polar surface area (TPSA) is 40.5 Å². The Morgan fingerprint density at radius 1 is 0.700 bits per heavy atom. The van der Waals surface area contributed by atoms with E-state index in [2.05, 4.69) is 38.1 Å². The summed E-state index contributed by atoms with van der Waals surface area (Å²) < 4.78 is 0. The van der Waals surface area contributed by atoms with E-state index in [4.69, 9.17) is 0 Å². The maximum absolute atomic E-state index is 9.80. The molecule has 0 aliphatic rings. The van der Waals surface area contributed by atoms with Gasteiger partial charge in [-0.2, -0.15) is 0 Å². The molecule has 0 radical (unpaired) electrons. The van der Waals surface area contributed by atoms with Crippen molar-refractivity contribution < 1.29 is 10.2 Å². The molecule has 0 fully saturated rings. The SMILES string of the molecule is CCCc1c(CO)c(CO)c(CCC)c2ccccc12. The fourth-order valence-corrected chi connectivity index (χ4v) is 3.15. The smallest absolute Gasteiger partial charge is 0.0688 e. The van der Waals surface area contributed by atoms with Gasteiger partial charge in [-0.25, -0.2) is 0 Å². The van der Waals surface area contributed by atoms with Gasteiger partial charge in [0.2, 0.25) is 0 Å². The van der Waals surface area contributed by atoms with E-state index >= 15 is 0 Å². The van der Waals surface area contributed by atoms with Crippen LogP contribution in [0.25, 0.3) is 10.8 Å². The molecule has 0 amide bonds. The average Bonchev–Trinajstić information content (AvgIpc) is 2.49. The molecule has 0 aromatic heterocycles. The summed E-state index contributed by atoms with van der Waals surface area (Å²) in [5.41, 5.74) is 4.29. The highest BCUT2D eigenvalue weighted by molar-refractivity contribution is 5.91. The highest BCUT2D eigenvalue weighted by atomic mass is 16.3. The molecule has 0 saturated heterocycles. The van der Waals surface area contributed by atoms with Crippen LogP contribution in [0.2, 0.25) is 0 Å². The molecule has 2 rings (SSSR count). The number of hydrogen-bond acceptors (Lipinski definition) is 2. The number of aliphatic hydroxyl groups excluding tert-OH is 2. The second-order valence-corrected chi connectivity index (χ2v) is 5.28. The maximum atomic E-state index is 9.80. The normalized spacial score (nSPS) is 11.2. The van der Waals surface area contributed by atoms with Crippen LogP contribution in [-0.2, 0) is 26.1 Å². The van der Waals surface area contributed by atoms with E-state index in [1.54, 1.807) is 0 Å². The lowest BCUT2D eigenvalue weighted by Gasteiger charge is -2.20. The van der Waals surface area contributed by atoms with Crippen LogP contribution in [0.3, 0.4) is 0 Å². The van der Waals surface area contributed by atoms with Crippen LogP contribution in [0.5, 0.6) is 0 Å². The van der Waals surface area contributed by atoms with Gasteiger partial charge in [0.05, 0.1) is 13.2 Å². The van der Waals surface area contributed by atoms with E-state index in [-0.39, 0.29) is 13.2 Å². The zero-order chi connectivity index (χ0) is 14.5. The van der Waals surface area contributed by atoms with E-state index < -0.39 is 0 Å². The van der Waals surface area contributed by atoms with Crippen LogP contribution in [0.15, 0.2) is 24.3 Å². The molecular weight excluding hydrogens is 248 g/mol. The summed E-state index contributed by atoms with van der Waals surface area (Å²) in [5.74, 6) is 0. The number of fused-ring (bicyclic) bond motifs is 1. The first-order chi connectivity index (χ1) is 9.78. The molecular formula is C18H24O2. The predicted octanol–water partition coefficient (Wildman–Crippen LogP) is 3.73. The van der Waals surface area contributed by atoms with Gasteiger partial charge in [0.15, 0.2) is 0 Å². The number of benzene rings is 2. The monoisotopic (exact) mass is 272 g/mol. The summed E-state index contributed by atoms with van der Waals surface area (Å²) in [4.78, 5) is 0. The molecule has 0 saturated carbocycles. The Bertz CT molecular complexity index is 535. The van der Waals surface area contributed by atoms with Crippen LogP contribution >= 0.6 is 0 Å². The van der Waals surface area contributed by atoms with E-state index in [1.807, 2.05) is 0 Å². The predicted molar refractivity (Wildman–Crippen MR) is 83.8 cm³/mol. The van der Waals surface area contributed by atoms with Gasteiger partial charge in [0, 0.05) is 0 Å². The first-order valence-corrected chi connectivity index (χ1v) is 7.54. The van der Waals surface area contributed by atoms with Gasteiger partial charge >= 0.3 is 0 Å². The van der Waals surface area contributed by atoms with Crippen LogP contribution in [0.1, 0.15) is 48.9 Å².